The lowest BCUT2D eigenvalue weighted by Gasteiger charge is -2.09. The van der Waals surface area contributed by atoms with Crippen LogP contribution in [0.5, 0.6) is 0 Å². The van der Waals surface area contributed by atoms with Gasteiger partial charge in [0.25, 0.3) is 0 Å². The SMILES string of the molecule is O=CC1=C2c3ccccc3NC2c2ccccc21. The molecule has 2 aromatic carbocycles. The van der Waals surface area contributed by atoms with Crippen LogP contribution in [-0.2, 0) is 4.79 Å². The molecule has 0 saturated carbocycles. The third kappa shape index (κ3) is 1.05. The monoisotopic (exact) mass is 233 g/mol. The Balaban J connectivity index is 2.05. The molecule has 0 saturated heterocycles. The van der Waals surface area contributed by atoms with Gasteiger partial charge in [0.15, 0.2) is 6.29 Å². The number of carbonyl (C=O) groups excluding carboxylic acids is 1. The summed E-state index contributed by atoms with van der Waals surface area (Å²) in [6.45, 7) is 0. The second-order valence-electron chi connectivity index (χ2n) is 4.66. The lowest BCUT2D eigenvalue weighted by molar-refractivity contribution is -0.103. The summed E-state index contributed by atoms with van der Waals surface area (Å²) >= 11 is 0. The number of hydrogen-bond donors (Lipinski definition) is 1. The molecule has 2 aromatic rings. The molecule has 2 nitrogen and oxygen atoms in total. The fourth-order valence-electron chi connectivity index (χ4n) is 3.03. The van der Waals surface area contributed by atoms with Crippen LogP contribution in [0, 0.1) is 0 Å². The average molecular weight is 233 g/mol. The van der Waals surface area contributed by atoms with Crippen molar-refractivity contribution in [3.05, 3.63) is 65.2 Å². The maximum atomic E-state index is 11.4. The second kappa shape index (κ2) is 3.33. The number of allylic oxidation sites excluding steroid dienone is 1. The van der Waals surface area contributed by atoms with E-state index in [0.29, 0.717) is 0 Å². The highest BCUT2D eigenvalue weighted by molar-refractivity contribution is 6.23. The minimum absolute atomic E-state index is 0.138. The maximum absolute atomic E-state index is 11.4. The van der Waals surface area contributed by atoms with Crippen LogP contribution in [0.1, 0.15) is 22.7 Å². The van der Waals surface area contributed by atoms with Gasteiger partial charge in [0.05, 0.1) is 6.04 Å². The van der Waals surface area contributed by atoms with Crippen LogP contribution in [0.2, 0.25) is 0 Å². The second-order valence-corrected chi connectivity index (χ2v) is 4.66. The molecular formula is C16H11NO. The van der Waals surface area contributed by atoms with Gasteiger partial charge in [0, 0.05) is 16.8 Å². The first-order valence-electron chi connectivity index (χ1n) is 6.05. The topological polar surface area (TPSA) is 29.1 Å². The molecule has 86 valence electrons. The summed E-state index contributed by atoms with van der Waals surface area (Å²) in [6, 6.07) is 16.4. The summed E-state index contributed by atoms with van der Waals surface area (Å²) in [7, 11) is 0. The maximum Gasteiger partial charge on any atom is 0.151 e. The number of para-hydroxylation sites is 1. The molecule has 1 aliphatic carbocycles. The number of fused-ring (bicyclic) bond motifs is 5. The lowest BCUT2D eigenvalue weighted by Crippen LogP contribution is -2.02. The summed E-state index contributed by atoms with van der Waals surface area (Å²) in [5, 5.41) is 3.50. The molecule has 18 heavy (non-hydrogen) atoms. The third-order valence-corrected chi connectivity index (χ3v) is 3.78. The number of hydrogen-bond acceptors (Lipinski definition) is 2. The van der Waals surface area contributed by atoms with Crippen LogP contribution >= 0.6 is 0 Å². The molecule has 1 unspecified atom stereocenters. The van der Waals surface area contributed by atoms with Crippen LogP contribution in [0.4, 0.5) is 5.69 Å². The van der Waals surface area contributed by atoms with Crippen molar-refractivity contribution in [2.24, 2.45) is 0 Å². The molecule has 0 radical (unpaired) electrons. The van der Waals surface area contributed by atoms with Crippen molar-refractivity contribution in [3.8, 4) is 0 Å². The van der Waals surface area contributed by atoms with E-state index in [-0.39, 0.29) is 6.04 Å². The molecule has 0 bridgehead atoms. The summed E-state index contributed by atoms with van der Waals surface area (Å²) < 4.78 is 0. The number of nitrogens with one attached hydrogen (secondary N) is 1. The van der Waals surface area contributed by atoms with Crippen LogP contribution < -0.4 is 5.32 Å². The van der Waals surface area contributed by atoms with E-state index in [0.717, 1.165) is 34.2 Å². The predicted molar refractivity (Wildman–Crippen MR) is 72.1 cm³/mol. The summed E-state index contributed by atoms with van der Waals surface area (Å²) in [5.41, 5.74) is 6.49. The Morgan fingerprint density at radius 1 is 0.944 bits per heavy atom. The number of anilines is 1. The summed E-state index contributed by atoms with van der Waals surface area (Å²) in [5.74, 6) is 0. The Hall–Kier alpha value is -2.35. The minimum Gasteiger partial charge on any atom is -0.374 e. The van der Waals surface area contributed by atoms with Gasteiger partial charge in [-0.3, -0.25) is 4.79 Å². The smallest absolute Gasteiger partial charge is 0.151 e. The predicted octanol–water partition coefficient (Wildman–Crippen LogP) is 3.28. The number of aldehydes is 1. The standard InChI is InChI=1S/C16H11NO/c18-9-13-10-5-1-2-6-11(10)16-15(13)12-7-3-4-8-14(12)17-16/h1-9,16-17H. The van der Waals surface area contributed by atoms with Crippen molar-refractivity contribution >= 4 is 23.1 Å². The zero-order valence-electron chi connectivity index (χ0n) is 9.68. The van der Waals surface area contributed by atoms with E-state index < -0.39 is 0 Å². The first kappa shape index (κ1) is 9.66. The Labute approximate surface area is 105 Å². The Morgan fingerprint density at radius 2 is 1.67 bits per heavy atom. The van der Waals surface area contributed by atoms with E-state index in [1.165, 1.54) is 5.56 Å². The highest BCUT2D eigenvalue weighted by Gasteiger charge is 2.36. The third-order valence-electron chi connectivity index (χ3n) is 3.78. The molecule has 1 heterocycles. The largest absolute Gasteiger partial charge is 0.374 e. The highest BCUT2D eigenvalue weighted by atomic mass is 16.1. The zero-order valence-corrected chi connectivity index (χ0v) is 9.68. The molecule has 1 N–H and O–H groups in total. The number of benzene rings is 2. The first-order chi connectivity index (χ1) is 8.90. The molecule has 4 rings (SSSR count). The van der Waals surface area contributed by atoms with E-state index >= 15 is 0 Å². The van der Waals surface area contributed by atoms with Crippen molar-refractivity contribution in [2.45, 2.75) is 6.04 Å². The molecule has 2 aliphatic rings. The van der Waals surface area contributed by atoms with E-state index in [1.54, 1.807) is 0 Å². The van der Waals surface area contributed by atoms with Gasteiger partial charge in [-0.05, 0) is 22.8 Å². The normalized spacial score (nSPS) is 19.0. The Morgan fingerprint density at radius 3 is 2.50 bits per heavy atom. The Kier molecular flexibility index (Phi) is 1.78. The van der Waals surface area contributed by atoms with Gasteiger partial charge in [-0.2, -0.15) is 0 Å². The lowest BCUT2D eigenvalue weighted by atomic mass is 10.0. The molecule has 0 aromatic heterocycles. The van der Waals surface area contributed by atoms with E-state index in [9.17, 15) is 4.79 Å². The number of carbonyl (C=O) groups is 1. The Bertz CT molecular complexity index is 700. The van der Waals surface area contributed by atoms with Crippen LogP contribution in [-0.4, -0.2) is 6.29 Å². The molecule has 0 fully saturated rings. The van der Waals surface area contributed by atoms with E-state index in [4.69, 9.17) is 0 Å². The average Bonchev–Trinajstić information content (AvgIpc) is 2.93. The molecule has 1 atom stereocenters. The molecular weight excluding hydrogens is 222 g/mol. The van der Waals surface area contributed by atoms with Crippen molar-refractivity contribution < 1.29 is 4.79 Å². The van der Waals surface area contributed by atoms with Gasteiger partial charge >= 0.3 is 0 Å². The van der Waals surface area contributed by atoms with Crippen molar-refractivity contribution in [3.63, 3.8) is 0 Å². The van der Waals surface area contributed by atoms with Crippen LogP contribution in [0.3, 0.4) is 0 Å². The summed E-state index contributed by atoms with van der Waals surface area (Å²) in [6.07, 6.45) is 0.984. The van der Waals surface area contributed by atoms with Gasteiger partial charge in [-0.15, -0.1) is 0 Å². The fourth-order valence-corrected chi connectivity index (χ4v) is 3.03. The van der Waals surface area contributed by atoms with Gasteiger partial charge in [0.2, 0.25) is 0 Å². The highest BCUT2D eigenvalue weighted by Crippen LogP contribution is 2.52. The first-order valence-corrected chi connectivity index (χ1v) is 6.05. The van der Waals surface area contributed by atoms with E-state index in [1.807, 2.05) is 30.3 Å². The van der Waals surface area contributed by atoms with Crippen molar-refractivity contribution in [1.29, 1.82) is 0 Å². The van der Waals surface area contributed by atoms with Crippen LogP contribution in [0.15, 0.2) is 48.5 Å². The minimum atomic E-state index is 0.138. The van der Waals surface area contributed by atoms with Gasteiger partial charge in [-0.25, -0.2) is 0 Å². The van der Waals surface area contributed by atoms with Gasteiger partial charge in [0.1, 0.15) is 0 Å². The summed E-state index contributed by atoms with van der Waals surface area (Å²) in [4.78, 5) is 11.4. The molecule has 2 heteroatoms. The quantitative estimate of drug-likeness (QED) is 0.766. The van der Waals surface area contributed by atoms with Gasteiger partial charge < -0.3 is 5.32 Å². The van der Waals surface area contributed by atoms with Crippen molar-refractivity contribution in [1.82, 2.24) is 0 Å². The number of rotatable bonds is 1. The van der Waals surface area contributed by atoms with Gasteiger partial charge in [-0.1, -0.05) is 42.5 Å². The molecule has 0 amide bonds. The zero-order chi connectivity index (χ0) is 12.1. The van der Waals surface area contributed by atoms with Crippen LogP contribution in [0.25, 0.3) is 11.1 Å². The van der Waals surface area contributed by atoms with E-state index in [2.05, 4.69) is 23.5 Å². The molecule has 1 aliphatic heterocycles. The fraction of sp³-hybridized carbons (Fsp3) is 0.0625. The molecule has 0 spiro atoms. The van der Waals surface area contributed by atoms with Crippen molar-refractivity contribution in [2.75, 3.05) is 5.32 Å².